The van der Waals surface area contributed by atoms with Gasteiger partial charge in [0.2, 0.25) is 13.6 Å². The number of amides is 1. The van der Waals surface area contributed by atoms with Crippen LogP contribution in [0.1, 0.15) is 10.4 Å². The number of thiazole rings is 1. The lowest BCUT2D eigenvalue weighted by molar-refractivity contribution is -0.141. The minimum absolute atomic E-state index is 0.0939. The van der Waals surface area contributed by atoms with Crippen LogP contribution >= 0.6 is 11.3 Å². The average Bonchev–Trinajstić information content (AvgIpc) is 3.44. The molecule has 0 spiro atoms. The molecule has 0 saturated carbocycles. The van der Waals surface area contributed by atoms with Crippen LogP contribution in [0.2, 0.25) is 0 Å². The summed E-state index contributed by atoms with van der Waals surface area (Å²) in [6.07, 6.45) is 0. The van der Waals surface area contributed by atoms with Crippen molar-refractivity contribution in [1.82, 2.24) is 4.57 Å². The number of carbonyl (C=O) groups excluding carboxylic acids is 2. The van der Waals surface area contributed by atoms with Crippen LogP contribution in [0, 0.1) is 0 Å². The highest BCUT2D eigenvalue weighted by molar-refractivity contribution is 7.16. The summed E-state index contributed by atoms with van der Waals surface area (Å²) in [7, 11) is 1.31. The van der Waals surface area contributed by atoms with Crippen molar-refractivity contribution >= 4 is 33.4 Å². The van der Waals surface area contributed by atoms with Crippen molar-refractivity contribution in [3.63, 3.8) is 0 Å². The lowest BCUT2D eigenvalue weighted by atomic mass is 10.2. The molecule has 0 atom stereocenters. The Bertz CT molecular complexity index is 1230. The number of methoxy groups -OCH3 is 1. The molecule has 0 aliphatic carbocycles. The molecule has 0 bridgehead atoms. The van der Waals surface area contributed by atoms with E-state index in [9.17, 15) is 9.59 Å². The monoisotopic (exact) mass is 414 g/mol. The van der Waals surface area contributed by atoms with E-state index >= 15 is 0 Å². The first-order valence-electron chi connectivity index (χ1n) is 8.61. The van der Waals surface area contributed by atoms with E-state index in [1.165, 1.54) is 18.4 Å². The molecular formula is C19H14N2O7S. The second-order valence-corrected chi connectivity index (χ2v) is 7.21. The van der Waals surface area contributed by atoms with E-state index in [0.29, 0.717) is 38.9 Å². The van der Waals surface area contributed by atoms with Crippen LogP contribution < -0.4 is 23.7 Å². The number of rotatable bonds is 3. The zero-order valence-corrected chi connectivity index (χ0v) is 16.0. The molecule has 2 aliphatic heterocycles. The van der Waals surface area contributed by atoms with Gasteiger partial charge in [0.15, 0.2) is 27.8 Å². The first-order valence-corrected chi connectivity index (χ1v) is 9.42. The number of benzene rings is 2. The van der Waals surface area contributed by atoms with E-state index in [0.717, 1.165) is 4.70 Å². The van der Waals surface area contributed by atoms with Crippen molar-refractivity contribution in [2.45, 2.75) is 6.54 Å². The van der Waals surface area contributed by atoms with Gasteiger partial charge in [0.05, 0.1) is 17.3 Å². The fourth-order valence-corrected chi connectivity index (χ4v) is 4.11. The van der Waals surface area contributed by atoms with Crippen molar-refractivity contribution in [2.24, 2.45) is 4.99 Å². The van der Waals surface area contributed by atoms with Gasteiger partial charge in [-0.1, -0.05) is 11.3 Å². The molecule has 1 aromatic heterocycles. The molecular weight excluding hydrogens is 400 g/mol. The zero-order chi connectivity index (χ0) is 20.0. The highest BCUT2D eigenvalue weighted by Crippen LogP contribution is 2.37. The van der Waals surface area contributed by atoms with Crippen LogP contribution in [0.5, 0.6) is 23.0 Å². The molecule has 10 heteroatoms. The second kappa shape index (κ2) is 6.82. The lowest BCUT2D eigenvalue weighted by Gasteiger charge is -2.04. The zero-order valence-electron chi connectivity index (χ0n) is 15.2. The Kier molecular flexibility index (Phi) is 4.13. The van der Waals surface area contributed by atoms with Crippen molar-refractivity contribution in [2.75, 3.05) is 20.7 Å². The molecule has 29 heavy (non-hydrogen) atoms. The van der Waals surface area contributed by atoms with Crippen LogP contribution in [0.4, 0.5) is 0 Å². The maximum absolute atomic E-state index is 12.8. The van der Waals surface area contributed by atoms with Gasteiger partial charge in [-0.3, -0.25) is 9.59 Å². The Morgan fingerprint density at radius 1 is 1.03 bits per heavy atom. The van der Waals surface area contributed by atoms with Gasteiger partial charge in [-0.2, -0.15) is 4.99 Å². The number of fused-ring (bicyclic) bond motifs is 3. The molecule has 0 fully saturated rings. The van der Waals surface area contributed by atoms with Gasteiger partial charge in [-0.05, 0) is 18.2 Å². The van der Waals surface area contributed by atoms with E-state index in [2.05, 4.69) is 4.99 Å². The Hall–Kier alpha value is -3.53. The van der Waals surface area contributed by atoms with Gasteiger partial charge in [-0.25, -0.2) is 0 Å². The molecule has 0 saturated heterocycles. The van der Waals surface area contributed by atoms with Gasteiger partial charge in [-0.15, -0.1) is 0 Å². The van der Waals surface area contributed by atoms with Crippen LogP contribution in [0.3, 0.4) is 0 Å². The SMILES string of the molecule is COC(=O)Cn1c(=NC(=O)c2ccc3c(c2)OCO3)sc2cc3c(cc21)OCO3. The molecule has 9 nitrogen and oxygen atoms in total. The quantitative estimate of drug-likeness (QED) is 0.605. The van der Waals surface area contributed by atoms with E-state index in [4.69, 9.17) is 23.7 Å². The van der Waals surface area contributed by atoms with Crippen LogP contribution in [0.25, 0.3) is 10.2 Å². The number of hydrogen-bond donors (Lipinski definition) is 0. The van der Waals surface area contributed by atoms with Crippen molar-refractivity contribution < 1.29 is 33.3 Å². The molecule has 0 N–H and O–H groups in total. The van der Waals surface area contributed by atoms with Crippen molar-refractivity contribution in [1.29, 1.82) is 0 Å². The summed E-state index contributed by atoms with van der Waals surface area (Å²) < 4.78 is 28.6. The van der Waals surface area contributed by atoms with E-state index in [-0.39, 0.29) is 20.1 Å². The minimum atomic E-state index is -0.464. The van der Waals surface area contributed by atoms with Crippen LogP contribution in [-0.4, -0.2) is 37.1 Å². The van der Waals surface area contributed by atoms with E-state index < -0.39 is 11.9 Å². The largest absolute Gasteiger partial charge is 0.468 e. The minimum Gasteiger partial charge on any atom is -0.468 e. The number of aromatic nitrogens is 1. The molecule has 3 heterocycles. The predicted octanol–water partition coefficient (Wildman–Crippen LogP) is 2.07. The van der Waals surface area contributed by atoms with Crippen molar-refractivity contribution in [3.05, 3.63) is 40.7 Å². The first-order chi connectivity index (χ1) is 14.1. The Morgan fingerprint density at radius 2 is 1.72 bits per heavy atom. The highest BCUT2D eigenvalue weighted by Gasteiger charge is 2.20. The van der Waals surface area contributed by atoms with Crippen LogP contribution in [0.15, 0.2) is 35.3 Å². The molecule has 3 aromatic rings. The summed E-state index contributed by atoms with van der Waals surface area (Å²) >= 11 is 1.27. The van der Waals surface area contributed by atoms with Gasteiger partial charge in [0, 0.05) is 17.7 Å². The Balaban J connectivity index is 1.61. The molecule has 148 valence electrons. The summed E-state index contributed by atoms with van der Waals surface area (Å²) in [6.45, 7) is 0.168. The summed E-state index contributed by atoms with van der Waals surface area (Å²) in [5.41, 5.74) is 1.05. The normalized spacial score (nSPS) is 14.4. The number of hydrogen-bond acceptors (Lipinski definition) is 8. The topological polar surface area (TPSA) is 97.6 Å². The standard InChI is InChI=1S/C19H14N2O7S/c1-24-17(22)7-21-11-5-14-15(28-9-27-14)6-16(11)29-19(21)20-18(23)10-2-3-12-13(4-10)26-8-25-12/h2-6H,7-9H2,1H3. The van der Waals surface area contributed by atoms with Gasteiger partial charge in [0.1, 0.15) is 6.54 Å². The van der Waals surface area contributed by atoms with Crippen LogP contribution in [-0.2, 0) is 16.1 Å². The number of ether oxygens (including phenoxy) is 5. The fourth-order valence-electron chi connectivity index (χ4n) is 3.07. The molecule has 1 amide bonds. The molecule has 0 radical (unpaired) electrons. The van der Waals surface area contributed by atoms with E-state index in [1.807, 2.05) is 0 Å². The fraction of sp³-hybridized carbons (Fsp3) is 0.211. The van der Waals surface area contributed by atoms with Gasteiger partial charge < -0.3 is 28.3 Å². The molecule has 0 unspecified atom stereocenters. The van der Waals surface area contributed by atoms with Gasteiger partial charge in [0.25, 0.3) is 5.91 Å². The third-order valence-corrected chi connectivity index (χ3v) is 5.55. The first kappa shape index (κ1) is 17.6. The highest BCUT2D eigenvalue weighted by atomic mass is 32.1. The third-order valence-electron chi connectivity index (χ3n) is 4.51. The number of carbonyl (C=O) groups is 2. The maximum atomic E-state index is 12.8. The molecule has 2 aromatic carbocycles. The smallest absolute Gasteiger partial charge is 0.325 e. The van der Waals surface area contributed by atoms with Crippen molar-refractivity contribution in [3.8, 4) is 23.0 Å². The summed E-state index contributed by atoms with van der Waals surface area (Å²) in [4.78, 5) is 29.3. The summed E-state index contributed by atoms with van der Waals surface area (Å²) in [6, 6.07) is 8.44. The predicted molar refractivity (Wildman–Crippen MR) is 100 cm³/mol. The lowest BCUT2D eigenvalue weighted by Crippen LogP contribution is -2.22. The molecule has 2 aliphatic rings. The second-order valence-electron chi connectivity index (χ2n) is 6.21. The average molecular weight is 414 g/mol. The van der Waals surface area contributed by atoms with Gasteiger partial charge >= 0.3 is 5.97 Å². The maximum Gasteiger partial charge on any atom is 0.325 e. The number of nitrogens with zero attached hydrogens (tertiary/aromatic N) is 2. The van der Waals surface area contributed by atoms with E-state index in [1.54, 1.807) is 34.9 Å². The Morgan fingerprint density at radius 3 is 2.48 bits per heavy atom. The molecule has 5 rings (SSSR count). The summed E-state index contributed by atoms with van der Waals surface area (Å²) in [5, 5.41) is 0. The summed E-state index contributed by atoms with van der Waals surface area (Å²) in [5.74, 6) is 1.34. The Labute approximate surface area is 167 Å². The number of esters is 1. The third kappa shape index (κ3) is 3.07.